The summed E-state index contributed by atoms with van der Waals surface area (Å²) in [6, 6.07) is 11.4. The van der Waals surface area contributed by atoms with Crippen molar-refractivity contribution in [2.24, 2.45) is 0 Å². The first-order valence-electron chi connectivity index (χ1n) is 7.62. The van der Waals surface area contributed by atoms with Crippen molar-refractivity contribution < 1.29 is 14.3 Å². The molecule has 1 heterocycles. The van der Waals surface area contributed by atoms with Gasteiger partial charge < -0.3 is 10.1 Å². The van der Waals surface area contributed by atoms with Crippen molar-refractivity contribution in [2.75, 3.05) is 12.4 Å². The quantitative estimate of drug-likeness (QED) is 0.711. The number of nitrogens with one attached hydrogen (secondary N) is 1. The monoisotopic (exact) mass is 371 g/mol. The van der Waals surface area contributed by atoms with Crippen molar-refractivity contribution in [3.05, 3.63) is 69.6 Å². The molecule has 1 N–H and O–H groups in total. The fraction of sp³-hybridized carbons (Fsp3) is 0.111. The molecule has 0 aliphatic heterocycles. The predicted molar refractivity (Wildman–Crippen MR) is 97.4 cm³/mol. The summed E-state index contributed by atoms with van der Waals surface area (Å²) in [6.45, 7) is -0.289. The minimum Gasteiger partial charge on any atom is -0.465 e. The van der Waals surface area contributed by atoms with Gasteiger partial charge in [0.2, 0.25) is 5.91 Å². The lowest BCUT2D eigenvalue weighted by Gasteiger charge is -2.10. The fourth-order valence-electron chi connectivity index (χ4n) is 2.43. The van der Waals surface area contributed by atoms with E-state index in [0.717, 1.165) is 4.68 Å². The van der Waals surface area contributed by atoms with E-state index in [-0.39, 0.29) is 28.4 Å². The number of hydrogen-bond donors (Lipinski definition) is 1. The predicted octanol–water partition coefficient (Wildman–Crippen LogP) is 2.48. The van der Waals surface area contributed by atoms with Gasteiger partial charge >= 0.3 is 5.97 Å². The van der Waals surface area contributed by atoms with Crippen LogP contribution in [0.15, 0.2) is 53.5 Å². The van der Waals surface area contributed by atoms with Crippen LogP contribution in [0.5, 0.6) is 0 Å². The Labute approximate surface area is 153 Å². The van der Waals surface area contributed by atoms with Crippen LogP contribution in [0.1, 0.15) is 10.4 Å². The molecule has 0 aliphatic rings. The van der Waals surface area contributed by atoms with Gasteiger partial charge in [-0.05, 0) is 24.3 Å². The van der Waals surface area contributed by atoms with Crippen LogP contribution >= 0.6 is 11.6 Å². The Kier molecular flexibility index (Phi) is 4.99. The van der Waals surface area contributed by atoms with Crippen molar-refractivity contribution in [3.63, 3.8) is 0 Å². The summed E-state index contributed by atoms with van der Waals surface area (Å²) >= 11 is 6.05. The first-order valence-corrected chi connectivity index (χ1v) is 8.00. The van der Waals surface area contributed by atoms with Gasteiger partial charge in [-0.15, -0.1) is 0 Å². The van der Waals surface area contributed by atoms with E-state index in [1.165, 1.54) is 31.5 Å². The van der Waals surface area contributed by atoms with Crippen molar-refractivity contribution in [1.29, 1.82) is 0 Å². The molecule has 26 heavy (non-hydrogen) atoms. The second-order valence-electron chi connectivity index (χ2n) is 5.43. The van der Waals surface area contributed by atoms with Crippen LogP contribution in [0.25, 0.3) is 10.8 Å². The van der Waals surface area contributed by atoms with Crippen LogP contribution < -0.4 is 10.9 Å². The average molecular weight is 372 g/mol. The zero-order chi connectivity index (χ0) is 18.7. The van der Waals surface area contributed by atoms with Gasteiger partial charge in [-0.2, -0.15) is 5.10 Å². The molecule has 0 unspecified atom stereocenters. The topological polar surface area (TPSA) is 90.3 Å². The van der Waals surface area contributed by atoms with Crippen molar-refractivity contribution in [1.82, 2.24) is 9.78 Å². The third kappa shape index (κ3) is 3.57. The molecule has 0 fully saturated rings. The first kappa shape index (κ1) is 17.6. The number of fused-ring (bicyclic) bond motifs is 1. The number of esters is 1. The molecular formula is C18H14ClN3O4. The number of anilines is 1. The number of methoxy groups -OCH3 is 1. The van der Waals surface area contributed by atoms with E-state index in [4.69, 9.17) is 11.6 Å². The molecule has 0 radical (unpaired) electrons. The van der Waals surface area contributed by atoms with Crippen molar-refractivity contribution >= 4 is 39.9 Å². The number of carbonyl (C=O) groups excluding carboxylic acids is 2. The van der Waals surface area contributed by atoms with Crippen LogP contribution in [0.2, 0.25) is 5.02 Å². The zero-order valence-corrected chi connectivity index (χ0v) is 14.5. The number of ether oxygens (including phenoxy) is 1. The van der Waals surface area contributed by atoms with E-state index in [1.807, 2.05) is 0 Å². The second kappa shape index (κ2) is 7.37. The molecule has 0 saturated carbocycles. The number of benzene rings is 2. The molecule has 0 saturated heterocycles. The van der Waals surface area contributed by atoms with Crippen LogP contribution in [-0.4, -0.2) is 28.8 Å². The van der Waals surface area contributed by atoms with Gasteiger partial charge in [0.15, 0.2) is 0 Å². The molecule has 1 amide bonds. The van der Waals surface area contributed by atoms with E-state index in [2.05, 4.69) is 15.2 Å². The lowest BCUT2D eigenvalue weighted by molar-refractivity contribution is -0.117. The number of amides is 1. The van der Waals surface area contributed by atoms with E-state index < -0.39 is 11.9 Å². The molecule has 132 valence electrons. The Morgan fingerprint density at radius 1 is 1.23 bits per heavy atom. The highest BCUT2D eigenvalue weighted by Gasteiger charge is 2.13. The molecule has 0 aliphatic carbocycles. The fourth-order valence-corrected chi connectivity index (χ4v) is 2.60. The summed E-state index contributed by atoms with van der Waals surface area (Å²) in [6.07, 6.45) is 1.52. The van der Waals surface area contributed by atoms with Gasteiger partial charge in [-0.3, -0.25) is 9.59 Å². The Morgan fingerprint density at radius 3 is 2.77 bits per heavy atom. The molecule has 7 nitrogen and oxygen atoms in total. The summed E-state index contributed by atoms with van der Waals surface area (Å²) in [7, 11) is 1.26. The molecule has 3 rings (SSSR count). The molecule has 2 aromatic carbocycles. The lowest BCUT2D eigenvalue weighted by Crippen LogP contribution is -2.29. The Morgan fingerprint density at radius 2 is 2.00 bits per heavy atom. The molecule has 0 atom stereocenters. The SMILES string of the molecule is COC(=O)c1ccc(Cl)c(NC(=O)Cn2ncc3ccccc3c2=O)c1. The van der Waals surface area contributed by atoms with E-state index in [0.29, 0.717) is 10.8 Å². The van der Waals surface area contributed by atoms with Gasteiger partial charge in [-0.25, -0.2) is 9.48 Å². The summed E-state index contributed by atoms with van der Waals surface area (Å²) in [5.41, 5.74) is 0.120. The minimum atomic E-state index is -0.551. The second-order valence-corrected chi connectivity index (χ2v) is 5.84. The first-order chi connectivity index (χ1) is 12.5. The highest BCUT2D eigenvalue weighted by atomic mass is 35.5. The Balaban J connectivity index is 1.83. The molecule has 0 bridgehead atoms. The molecular weight excluding hydrogens is 358 g/mol. The van der Waals surface area contributed by atoms with Gasteiger partial charge in [0, 0.05) is 5.39 Å². The van der Waals surface area contributed by atoms with Crippen molar-refractivity contribution in [2.45, 2.75) is 6.54 Å². The average Bonchev–Trinajstić information content (AvgIpc) is 2.65. The zero-order valence-electron chi connectivity index (χ0n) is 13.7. The van der Waals surface area contributed by atoms with Crippen LogP contribution in [0.4, 0.5) is 5.69 Å². The molecule has 8 heteroatoms. The molecule has 0 spiro atoms. The maximum atomic E-state index is 12.4. The minimum absolute atomic E-state index is 0.244. The number of hydrogen-bond acceptors (Lipinski definition) is 5. The maximum Gasteiger partial charge on any atom is 0.337 e. The van der Waals surface area contributed by atoms with Crippen LogP contribution in [0, 0.1) is 0 Å². The smallest absolute Gasteiger partial charge is 0.337 e. The largest absolute Gasteiger partial charge is 0.465 e. The van der Waals surface area contributed by atoms with Gasteiger partial charge in [-0.1, -0.05) is 29.8 Å². The number of nitrogens with zero attached hydrogens (tertiary/aromatic N) is 2. The Bertz CT molecular complexity index is 1060. The normalized spacial score (nSPS) is 10.5. The number of rotatable bonds is 4. The molecule has 1 aromatic heterocycles. The summed E-state index contributed by atoms with van der Waals surface area (Å²) in [4.78, 5) is 36.3. The van der Waals surface area contributed by atoms with Crippen LogP contribution in [0.3, 0.4) is 0 Å². The molecule has 3 aromatic rings. The summed E-state index contributed by atoms with van der Waals surface area (Å²) < 4.78 is 5.70. The van der Waals surface area contributed by atoms with Gasteiger partial charge in [0.1, 0.15) is 6.54 Å². The highest BCUT2D eigenvalue weighted by Crippen LogP contribution is 2.23. The van der Waals surface area contributed by atoms with Crippen molar-refractivity contribution in [3.8, 4) is 0 Å². The van der Waals surface area contributed by atoms with Gasteiger partial charge in [0.25, 0.3) is 5.56 Å². The van der Waals surface area contributed by atoms with Gasteiger partial charge in [0.05, 0.1) is 35.0 Å². The van der Waals surface area contributed by atoms with E-state index in [9.17, 15) is 14.4 Å². The summed E-state index contributed by atoms with van der Waals surface area (Å²) in [5.74, 6) is -1.05. The standard InChI is InChI=1S/C18H14ClN3O4/c1-26-18(25)11-6-7-14(19)15(8-11)21-16(23)10-22-17(24)13-5-3-2-4-12(13)9-20-22/h2-9H,10H2,1H3,(H,21,23). The number of aromatic nitrogens is 2. The van der Waals surface area contributed by atoms with E-state index in [1.54, 1.807) is 24.3 Å². The van der Waals surface area contributed by atoms with Crippen LogP contribution in [-0.2, 0) is 16.1 Å². The maximum absolute atomic E-state index is 12.4. The highest BCUT2D eigenvalue weighted by molar-refractivity contribution is 6.33. The lowest BCUT2D eigenvalue weighted by atomic mass is 10.2. The van der Waals surface area contributed by atoms with E-state index >= 15 is 0 Å². The number of carbonyl (C=O) groups is 2. The summed E-state index contributed by atoms with van der Waals surface area (Å²) in [5, 5.41) is 8.01. The Hall–Kier alpha value is -3.19. The third-order valence-electron chi connectivity index (χ3n) is 3.72. The third-order valence-corrected chi connectivity index (χ3v) is 4.05. The number of halogens is 1.